The fraction of sp³-hybridized carbons (Fsp3) is 0.714. The number of hydrogen-bond donors (Lipinski definition) is 2. The van der Waals surface area contributed by atoms with Gasteiger partial charge in [-0.1, -0.05) is 0 Å². The maximum absolute atomic E-state index is 14.8. The second-order valence-corrected chi connectivity index (χ2v) is 9.31. The molecule has 0 aliphatic carbocycles. The minimum Gasteiger partial charge on any atom is -0.470 e. The molecule has 3 rings (SSSR count). The van der Waals surface area contributed by atoms with Crippen molar-refractivity contribution in [3.8, 4) is 11.9 Å². The van der Waals surface area contributed by atoms with Gasteiger partial charge in [0.15, 0.2) is 0 Å². The number of amides is 1. The lowest BCUT2D eigenvalue weighted by Gasteiger charge is -2.36. The zero-order chi connectivity index (χ0) is 23.5. The molecule has 176 valence electrons. The Kier molecular flexibility index (Phi) is 7.05. The van der Waals surface area contributed by atoms with Gasteiger partial charge in [-0.05, 0) is 34.1 Å². The van der Waals surface area contributed by atoms with Gasteiger partial charge in [0, 0.05) is 13.0 Å². The normalized spacial score (nSPS) is 28.5. The molecule has 0 spiro atoms. The molecule has 2 fully saturated rings. The smallest absolute Gasteiger partial charge is 0.410 e. The van der Waals surface area contributed by atoms with Crippen LogP contribution >= 0.6 is 0 Å². The van der Waals surface area contributed by atoms with Gasteiger partial charge in [-0.3, -0.25) is 0 Å². The number of alkyl halides is 1. The Labute approximate surface area is 186 Å². The summed E-state index contributed by atoms with van der Waals surface area (Å²) in [5.74, 6) is 0.114. The standard InChI is InChI=1S/C21H30FN5O5/c1-20(2,3)32-19(28)27-7-5-15(14(22)11-27)25-18-24-10-13(9-23)17(26-18)31-16-6-8-30-12-21(16,4)29/h10,14-16,29H,5-8,11-12H2,1-4H3,(H,24,25,26)/t14-,15-,16?,21?/m1/s1. The van der Waals surface area contributed by atoms with Crippen molar-refractivity contribution >= 4 is 12.0 Å². The largest absolute Gasteiger partial charge is 0.470 e. The highest BCUT2D eigenvalue weighted by molar-refractivity contribution is 5.68. The number of ether oxygens (including phenoxy) is 3. The Morgan fingerprint density at radius 2 is 2.22 bits per heavy atom. The molecule has 10 nitrogen and oxygen atoms in total. The summed E-state index contributed by atoms with van der Waals surface area (Å²) in [6.45, 7) is 7.59. The van der Waals surface area contributed by atoms with Crippen molar-refractivity contribution in [3.05, 3.63) is 11.8 Å². The molecule has 1 aromatic heterocycles. The molecule has 2 aliphatic rings. The van der Waals surface area contributed by atoms with E-state index in [1.54, 1.807) is 27.7 Å². The number of aromatic nitrogens is 2. The monoisotopic (exact) mass is 451 g/mol. The molecule has 1 aromatic rings. The molecular weight excluding hydrogens is 421 g/mol. The molecule has 2 N–H and O–H groups in total. The number of nitrogens with one attached hydrogen (secondary N) is 1. The van der Waals surface area contributed by atoms with Crippen LogP contribution in [0.15, 0.2) is 6.20 Å². The summed E-state index contributed by atoms with van der Waals surface area (Å²) in [5.41, 5.74) is -1.78. The van der Waals surface area contributed by atoms with E-state index in [-0.39, 0.29) is 30.5 Å². The summed E-state index contributed by atoms with van der Waals surface area (Å²) < 4.78 is 31.2. The topological polar surface area (TPSA) is 130 Å². The summed E-state index contributed by atoms with van der Waals surface area (Å²) >= 11 is 0. The number of nitriles is 1. The van der Waals surface area contributed by atoms with Gasteiger partial charge in [0.05, 0.1) is 32.0 Å². The fourth-order valence-electron chi connectivity index (χ4n) is 3.52. The Morgan fingerprint density at radius 1 is 1.47 bits per heavy atom. The molecule has 32 heavy (non-hydrogen) atoms. The highest BCUT2D eigenvalue weighted by Gasteiger charge is 2.38. The molecule has 2 aliphatic heterocycles. The van der Waals surface area contributed by atoms with Crippen LogP contribution in [0.3, 0.4) is 0 Å². The average molecular weight is 451 g/mol. The summed E-state index contributed by atoms with van der Waals surface area (Å²) in [5, 5.41) is 22.8. The molecule has 0 bridgehead atoms. The van der Waals surface area contributed by atoms with E-state index >= 15 is 0 Å². The highest BCUT2D eigenvalue weighted by atomic mass is 19.1. The number of halogens is 1. The first-order valence-electron chi connectivity index (χ1n) is 10.6. The minimum atomic E-state index is -1.36. The first-order chi connectivity index (χ1) is 15.0. The maximum Gasteiger partial charge on any atom is 0.410 e. The Morgan fingerprint density at radius 3 is 2.84 bits per heavy atom. The number of nitrogens with zero attached hydrogens (tertiary/aromatic N) is 4. The summed E-state index contributed by atoms with van der Waals surface area (Å²) in [6.07, 6.45) is -0.475. The van der Waals surface area contributed by atoms with Crippen LogP contribution in [0.2, 0.25) is 0 Å². The van der Waals surface area contributed by atoms with Crippen molar-refractivity contribution in [1.29, 1.82) is 5.26 Å². The average Bonchev–Trinajstić information content (AvgIpc) is 2.70. The van der Waals surface area contributed by atoms with Crippen LogP contribution in [0, 0.1) is 11.3 Å². The predicted molar refractivity (Wildman–Crippen MR) is 112 cm³/mol. The zero-order valence-corrected chi connectivity index (χ0v) is 18.8. The van der Waals surface area contributed by atoms with Gasteiger partial charge in [-0.2, -0.15) is 10.2 Å². The molecule has 11 heteroatoms. The van der Waals surface area contributed by atoms with Gasteiger partial charge in [-0.15, -0.1) is 0 Å². The predicted octanol–water partition coefficient (Wildman–Crippen LogP) is 2.03. The molecule has 2 saturated heterocycles. The fourth-order valence-corrected chi connectivity index (χ4v) is 3.52. The highest BCUT2D eigenvalue weighted by Crippen LogP contribution is 2.27. The van der Waals surface area contributed by atoms with E-state index in [4.69, 9.17) is 14.2 Å². The number of aliphatic hydroxyl groups is 1. The van der Waals surface area contributed by atoms with Gasteiger partial charge in [-0.25, -0.2) is 14.2 Å². The number of hydrogen-bond acceptors (Lipinski definition) is 9. The summed E-state index contributed by atoms with van der Waals surface area (Å²) in [4.78, 5) is 21.9. The van der Waals surface area contributed by atoms with Crippen molar-refractivity contribution in [2.75, 3.05) is 31.6 Å². The van der Waals surface area contributed by atoms with Crippen LogP contribution in [0.5, 0.6) is 5.88 Å². The van der Waals surface area contributed by atoms with Crippen molar-refractivity contribution in [2.24, 2.45) is 0 Å². The number of anilines is 1. The molecule has 0 saturated carbocycles. The van der Waals surface area contributed by atoms with Crippen molar-refractivity contribution < 1.29 is 28.5 Å². The van der Waals surface area contributed by atoms with E-state index in [1.807, 2.05) is 6.07 Å². The number of carbonyl (C=O) groups excluding carboxylic acids is 1. The molecular formula is C21H30FN5O5. The number of piperidine rings is 1. The van der Waals surface area contributed by atoms with Crippen LogP contribution < -0.4 is 10.1 Å². The van der Waals surface area contributed by atoms with Crippen LogP contribution in [0.25, 0.3) is 0 Å². The van der Waals surface area contributed by atoms with Gasteiger partial charge in [0.2, 0.25) is 11.8 Å². The lowest BCUT2D eigenvalue weighted by Crippen LogP contribution is -2.51. The summed E-state index contributed by atoms with van der Waals surface area (Å²) in [6, 6.07) is 1.34. The van der Waals surface area contributed by atoms with Gasteiger partial charge in [0.25, 0.3) is 0 Å². The van der Waals surface area contributed by atoms with Crippen LogP contribution in [-0.2, 0) is 9.47 Å². The third-order valence-corrected chi connectivity index (χ3v) is 5.25. The molecule has 2 unspecified atom stereocenters. The third-order valence-electron chi connectivity index (χ3n) is 5.25. The lowest BCUT2D eigenvalue weighted by molar-refractivity contribution is -0.139. The van der Waals surface area contributed by atoms with Crippen molar-refractivity contribution in [1.82, 2.24) is 14.9 Å². The minimum absolute atomic E-state index is 0.0128. The zero-order valence-electron chi connectivity index (χ0n) is 18.8. The molecule has 4 atom stereocenters. The first kappa shape index (κ1) is 23.9. The number of likely N-dealkylation sites (tertiary alicyclic amines) is 1. The second-order valence-electron chi connectivity index (χ2n) is 9.31. The number of carbonyl (C=O) groups is 1. The quantitative estimate of drug-likeness (QED) is 0.706. The molecule has 3 heterocycles. The van der Waals surface area contributed by atoms with Crippen LogP contribution in [0.1, 0.15) is 46.1 Å². The van der Waals surface area contributed by atoms with Crippen molar-refractivity contribution in [3.63, 3.8) is 0 Å². The van der Waals surface area contributed by atoms with Gasteiger partial charge < -0.3 is 29.5 Å². The molecule has 1 amide bonds. The number of rotatable bonds is 4. The first-order valence-corrected chi connectivity index (χ1v) is 10.6. The SMILES string of the molecule is CC(C)(C)OC(=O)N1CC[C@@H](Nc2ncc(C#N)c(OC3CCOCC3(C)O)n2)[C@H](F)C1. The second kappa shape index (κ2) is 9.42. The Bertz CT molecular complexity index is 869. The summed E-state index contributed by atoms with van der Waals surface area (Å²) in [7, 11) is 0. The van der Waals surface area contributed by atoms with Crippen LogP contribution in [-0.4, -0.2) is 81.9 Å². The van der Waals surface area contributed by atoms with Gasteiger partial charge >= 0.3 is 6.09 Å². The van der Waals surface area contributed by atoms with Crippen LogP contribution in [0.4, 0.5) is 15.1 Å². The van der Waals surface area contributed by atoms with E-state index < -0.39 is 35.6 Å². The molecule has 0 aromatic carbocycles. The maximum atomic E-state index is 14.8. The van der Waals surface area contributed by atoms with E-state index in [0.29, 0.717) is 26.0 Å². The Balaban J connectivity index is 1.66. The van der Waals surface area contributed by atoms with E-state index in [2.05, 4.69) is 15.3 Å². The lowest BCUT2D eigenvalue weighted by atomic mass is 9.95. The van der Waals surface area contributed by atoms with Gasteiger partial charge in [0.1, 0.15) is 35.1 Å². The Hall–Kier alpha value is -2.71. The van der Waals surface area contributed by atoms with E-state index in [9.17, 15) is 19.6 Å². The van der Waals surface area contributed by atoms with E-state index in [0.717, 1.165) is 0 Å². The van der Waals surface area contributed by atoms with Crippen molar-refractivity contribution in [2.45, 2.75) is 70.1 Å². The van der Waals surface area contributed by atoms with E-state index in [1.165, 1.54) is 11.1 Å². The third kappa shape index (κ3) is 5.95. The molecule has 0 radical (unpaired) electrons.